The number of methoxy groups -OCH3 is 1. The van der Waals surface area contributed by atoms with Crippen LogP contribution in [-0.2, 0) is 4.74 Å². The number of rotatable bonds is 6. The lowest BCUT2D eigenvalue weighted by Crippen LogP contribution is -2.23. The first-order valence-electron chi connectivity index (χ1n) is 6.76. The summed E-state index contributed by atoms with van der Waals surface area (Å²) in [6.45, 7) is 6.15. The summed E-state index contributed by atoms with van der Waals surface area (Å²) in [5.74, 6) is 0.271. The summed E-state index contributed by atoms with van der Waals surface area (Å²) >= 11 is 0. The lowest BCUT2D eigenvalue weighted by Gasteiger charge is -2.24. The van der Waals surface area contributed by atoms with Gasteiger partial charge in [-0.1, -0.05) is 23.8 Å². The Labute approximate surface area is 121 Å². The largest absolute Gasteiger partial charge is 0.508 e. The van der Waals surface area contributed by atoms with Crippen LogP contribution in [0.1, 0.15) is 39.2 Å². The van der Waals surface area contributed by atoms with Crippen molar-refractivity contribution in [1.82, 2.24) is 0 Å². The fraction of sp³-hybridized carbons (Fsp3) is 0.412. The monoisotopic (exact) mass is 276 g/mol. The standard InChI is InChI=1S/C17H24O3/c1-13(2)6-5-10-17(3,20-4)11-9-14-12-15(18)7-8-16(14)19/h6-9,11-12,18-19H,5,10H2,1-4H3/b11-9+. The third-order valence-corrected chi connectivity index (χ3v) is 3.29. The summed E-state index contributed by atoms with van der Waals surface area (Å²) in [4.78, 5) is 0. The number of hydrogen-bond donors (Lipinski definition) is 2. The van der Waals surface area contributed by atoms with Crippen molar-refractivity contribution in [2.75, 3.05) is 7.11 Å². The van der Waals surface area contributed by atoms with Gasteiger partial charge in [-0.2, -0.15) is 0 Å². The van der Waals surface area contributed by atoms with E-state index in [0.29, 0.717) is 5.56 Å². The van der Waals surface area contributed by atoms with E-state index in [0.717, 1.165) is 12.8 Å². The van der Waals surface area contributed by atoms with Crippen molar-refractivity contribution in [2.24, 2.45) is 0 Å². The zero-order chi connectivity index (χ0) is 15.2. The molecular weight excluding hydrogens is 252 g/mol. The van der Waals surface area contributed by atoms with Gasteiger partial charge in [-0.05, 0) is 51.8 Å². The number of aromatic hydroxyl groups is 2. The van der Waals surface area contributed by atoms with E-state index < -0.39 is 5.60 Å². The fourth-order valence-corrected chi connectivity index (χ4v) is 1.84. The van der Waals surface area contributed by atoms with E-state index in [-0.39, 0.29) is 11.5 Å². The van der Waals surface area contributed by atoms with Gasteiger partial charge in [0.1, 0.15) is 11.5 Å². The summed E-state index contributed by atoms with van der Waals surface area (Å²) in [6.07, 6.45) is 7.66. The molecular formula is C17H24O3. The Morgan fingerprint density at radius 2 is 2.00 bits per heavy atom. The van der Waals surface area contributed by atoms with Gasteiger partial charge in [0.05, 0.1) is 5.60 Å². The molecule has 2 N–H and O–H groups in total. The smallest absolute Gasteiger partial charge is 0.123 e. The molecule has 20 heavy (non-hydrogen) atoms. The fourth-order valence-electron chi connectivity index (χ4n) is 1.84. The van der Waals surface area contributed by atoms with Gasteiger partial charge < -0.3 is 14.9 Å². The Hall–Kier alpha value is -1.74. The van der Waals surface area contributed by atoms with Crippen LogP contribution in [0, 0.1) is 0 Å². The van der Waals surface area contributed by atoms with Crippen molar-refractivity contribution in [2.45, 2.75) is 39.2 Å². The Kier molecular flexibility index (Phi) is 5.83. The Morgan fingerprint density at radius 1 is 1.30 bits per heavy atom. The van der Waals surface area contributed by atoms with Crippen molar-refractivity contribution in [3.05, 3.63) is 41.5 Å². The van der Waals surface area contributed by atoms with E-state index >= 15 is 0 Å². The predicted octanol–water partition coefficient (Wildman–Crippen LogP) is 4.26. The Bertz CT molecular complexity index is 499. The quantitative estimate of drug-likeness (QED) is 0.603. The van der Waals surface area contributed by atoms with Crippen molar-refractivity contribution in [3.63, 3.8) is 0 Å². The number of ether oxygens (including phenoxy) is 1. The van der Waals surface area contributed by atoms with E-state index in [9.17, 15) is 10.2 Å². The molecule has 0 radical (unpaired) electrons. The minimum Gasteiger partial charge on any atom is -0.508 e. The van der Waals surface area contributed by atoms with Gasteiger partial charge in [-0.25, -0.2) is 0 Å². The number of allylic oxidation sites excluding steroid dienone is 2. The van der Waals surface area contributed by atoms with Crippen LogP contribution < -0.4 is 0 Å². The average Bonchev–Trinajstić information content (AvgIpc) is 2.39. The van der Waals surface area contributed by atoms with E-state index in [2.05, 4.69) is 19.9 Å². The van der Waals surface area contributed by atoms with Gasteiger partial charge in [0, 0.05) is 12.7 Å². The zero-order valence-corrected chi connectivity index (χ0v) is 12.7. The highest BCUT2D eigenvalue weighted by atomic mass is 16.5. The molecule has 0 bridgehead atoms. The van der Waals surface area contributed by atoms with Crippen LogP contribution in [0.15, 0.2) is 35.9 Å². The Balaban J connectivity index is 2.83. The second kappa shape index (κ2) is 7.15. The molecule has 0 spiro atoms. The molecule has 1 atom stereocenters. The Morgan fingerprint density at radius 3 is 2.60 bits per heavy atom. The number of hydrogen-bond acceptors (Lipinski definition) is 3. The second-order valence-corrected chi connectivity index (χ2v) is 5.41. The minimum atomic E-state index is -0.399. The highest BCUT2D eigenvalue weighted by molar-refractivity contribution is 5.59. The number of phenolic OH excluding ortho intramolecular Hbond substituents is 2. The van der Waals surface area contributed by atoms with Gasteiger partial charge in [0.25, 0.3) is 0 Å². The maximum Gasteiger partial charge on any atom is 0.123 e. The zero-order valence-electron chi connectivity index (χ0n) is 12.7. The van der Waals surface area contributed by atoms with E-state index in [1.54, 1.807) is 13.2 Å². The summed E-state index contributed by atoms with van der Waals surface area (Å²) in [5.41, 5.74) is 1.47. The average molecular weight is 276 g/mol. The van der Waals surface area contributed by atoms with Crippen LogP contribution in [-0.4, -0.2) is 22.9 Å². The molecule has 0 amide bonds. The van der Waals surface area contributed by atoms with Crippen LogP contribution in [0.25, 0.3) is 6.08 Å². The van der Waals surface area contributed by atoms with E-state index in [1.807, 2.05) is 13.0 Å². The van der Waals surface area contributed by atoms with Crippen molar-refractivity contribution in [3.8, 4) is 11.5 Å². The third-order valence-electron chi connectivity index (χ3n) is 3.29. The van der Waals surface area contributed by atoms with Gasteiger partial charge in [0.15, 0.2) is 0 Å². The normalized spacial score (nSPS) is 14.2. The van der Waals surface area contributed by atoms with Crippen molar-refractivity contribution in [1.29, 1.82) is 0 Å². The van der Waals surface area contributed by atoms with Gasteiger partial charge in [-0.15, -0.1) is 0 Å². The summed E-state index contributed by atoms with van der Waals surface area (Å²) in [7, 11) is 1.68. The van der Waals surface area contributed by atoms with Crippen LogP contribution in [0.4, 0.5) is 0 Å². The molecule has 1 aromatic rings. The molecule has 0 fully saturated rings. The molecule has 3 heteroatoms. The van der Waals surface area contributed by atoms with Crippen LogP contribution in [0.2, 0.25) is 0 Å². The molecule has 0 saturated carbocycles. The first-order valence-corrected chi connectivity index (χ1v) is 6.76. The molecule has 0 aliphatic carbocycles. The van der Waals surface area contributed by atoms with E-state index in [4.69, 9.17) is 4.74 Å². The summed E-state index contributed by atoms with van der Waals surface area (Å²) in [6, 6.07) is 4.46. The maximum atomic E-state index is 9.74. The molecule has 1 unspecified atom stereocenters. The first kappa shape index (κ1) is 16.3. The predicted molar refractivity (Wildman–Crippen MR) is 82.9 cm³/mol. The molecule has 0 aliphatic rings. The molecule has 1 aromatic carbocycles. The van der Waals surface area contributed by atoms with Gasteiger partial charge in [0.2, 0.25) is 0 Å². The van der Waals surface area contributed by atoms with Crippen LogP contribution in [0.5, 0.6) is 11.5 Å². The third kappa shape index (κ3) is 5.10. The van der Waals surface area contributed by atoms with Crippen LogP contribution in [0.3, 0.4) is 0 Å². The van der Waals surface area contributed by atoms with Crippen molar-refractivity contribution < 1.29 is 14.9 Å². The van der Waals surface area contributed by atoms with Gasteiger partial charge >= 0.3 is 0 Å². The molecule has 1 rings (SSSR count). The first-order chi connectivity index (χ1) is 9.36. The maximum absolute atomic E-state index is 9.74. The highest BCUT2D eigenvalue weighted by Crippen LogP contribution is 2.26. The van der Waals surface area contributed by atoms with Crippen molar-refractivity contribution >= 4 is 6.08 Å². The summed E-state index contributed by atoms with van der Waals surface area (Å²) in [5, 5.41) is 19.2. The second-order valence-electron chi connectivity index (χ2n) is 5.41. The molecule has 0 heterocycles. The highest BCUT2D eigenvalue weighted by Gasteiger charge is 2.18. The van der Waals surface area contributed by atoms with Crippen LogP contribution >= 0.6 is 0 Å². The topological polar surface area (TPSA) is 49.7 Å². The molecule has 3 nitrogen and oxygen atoms in total. The summed E-state index contributed by atoms with van der Waals surface area (Å²) < 4.78 is 5.55. The minimum absolute atomic E-state index is 0.131. The lowest BCUT2D eigenvalue weighted by atomic mass is 9.97. The SMILES string of the molecule is COC(C)(/C=C/c1cc(O)ccc1O)CCC=C(C)C. The van der Waals surface area contributed by atoms with Gasteiger partial charge in [-0.3, -0.25) is 0 Å². The molecule has 110 valence electrons. The molecule has 0 aliphatic heterocycles. The number of phenols is 2. The molecule has 0 saturated heterocycles. The lowest BCUT2D eigenvalue weighted by molar-refractivity contribution is 0.0429. The number of benzene rings is 1. The van der Waals surface area contributed by atoms with E-state index in [1.165, 1.54) is 23.8 Å². The molecule has 0 aromatic heterocycles.